The third kappa shape index (κ3) is 6.72. The van der Waals surface area contributed by atoms with E-state index in [1.165, 1.54) is 19.9 Å². The summed E-state index contributed by atoms with van der Waals surface area (Å²) in [4.78, 5) is 59.1. The Labute approximate surface area is 207 Å². The van der Waals surface area contributed by atoms with Gasteiger partial charge in [0.25, 0.3) is 0 Å². The summed E-state index contributed by atoms with van der Waals surface area (Å²) in [5, 5.41) is 2.62. The zero-order valence-electron chi connectivity index (χ0n) is 20.5. The number of nitrogens with one attached hydrogen (secondary N) is 1. The van der Waals surface area contributed by atoms with Crippen LogP contribution in [0, 0.1) is 5.92 Å². The van der Waals surface area contributed by atoms with Gasteiger partial charge in [-0.3, -0.25) is 19.2 Å². The maximum absolute atomic E-state index is 12.0. The fraction of sp³-hybridized carbons (Fsp3) is 0.542. The monoisotopic (exact) mass is 507 g/mol. The molecule has 0 aromatic heterocycles. The molecule has 3 rings (SSSR count). The maximum atomic E-state index is 12.0. The lowest BCUT2D eigenvalue weighted by atomic mass is 9.88. The molecule has 0 spiro atoms. The Morgan fingerprint density at radius 1 is 1.00 bits per heavy atom. The van der Waals surface area contributed by atoms with E-state index in [1.54, 1.807) is 18.2 Å². The summed E-state index contributed by atoms with van der Waals surface area (Å²) in [7, 11) is 0. The number of ether oxygens (including phenoxy) is 6. The Hall–Kier alpha value is -3.67. The number of amides is 1. The third-order valence-electron chi connectivity index (χ3n) is 5.60. The lowest BCUT2D eigenvalue weighted by Crippen LogP contribution is -2.66. The number of allylic oxidation sites excluding steroid dienone is 1. The predicted molar refractivity (Wildman–Crippen MR) is 119 cm³/mol. The molecule has 1 fully saturated rings. The first kappa shape index (κ1) is 26.9. The van der Waals surface area contributed by atoms with Crippen molar-refractivity contribution in [3.05, 3.63) is 35.6 Å². The van der Waals surface area contributed by atoms with Crippen molar-refractivity contribution >= 4 is 29.8 Å². The first-order chi connectivity index (χ1) is 16.9. The van der Waals surface area contributed by atoms with Crippen molar-refractivity contribution in [2.24, 2.45) is 5.92 Å². The average Bonchev–Trinajstić information content (AvgIpc) is 2.75. The lowest BCUT2D eigenvalue weighted by Gasteiger charge is -2.45. The predicted octanol–water partition coefficient (Wildman–Crippen LogP) is 0.601. The van der Waals surface area contributed by atoms with Crippen molar-refractivity contribution in [1.29, 1.82) is 0 Å². The minimum absolute atomic E-state index is 0.160. The van der Waals surface area contributed by atoms with Gasteiger partial charge in [0.05, 0.1) is 0 Å². The van der Waals surface area contributed by atoms with Gasteiger partial charge in [0, 0.05) is 39.7 Å². The molecule has 0 aromatic rings. The van der Waals surface area contributed by atoms with Crippen LogP contribution in [0.15, 0.2) is 35.6 Å². The van der Waals surface area contributed by atoms with Gasteiger partial charge >= 0.3 is 23.9 Å². The molecule has 0 aromatic carbocycles. The summed E-state index contributed by atoms with van der Waals surface area (Å²) >= 11 is 0. The molecule has 7 atom stereocenters. The number of hydrogen-bond acceptors (Lipinski definition) is 11. The number of carbonyl (C=O) groups excluding carboxylic acids is 5. The first-order valence-electron chi connectivity index (χ1n) is 11.3. The minimum atomic E-state index is -1.27. The van der Waals surface area contributed by atoms with Crippen molar-refractivity contribution < 1.29 is 52.4 Å². The summed E-state index contributed by atoms with van der Waals surface area (Å²) in [6.07, 6.45) is 1.02. The highest BCUT2D eigenvalue weighted by molar-refractivity contribution is 5.84. The molecule has 1 amide bonds. The van der Waals surface area contributed by atoms with Crippen LogP contribution in [0.25, 0.3) is 0 Å². The van der Waals surface area contributed by atoms with Crippen LogP contribution in [0.4, 0.5) is 0 Å². The van der Waals surface area contributed by atoms with Gasteiger partial charge < -0.3 is 33.7 Å². The quantitative estimate of drug-likeness (QED) is 0.381. The molecular weight excluding hydrogens is 478 g/mol. The Morgan fingerprint density at radius 2 is 1.67 bits per heavy atom. The first-order valence-corrected chi connectivity index (χ1v) is 11.3. The molecule has 0 saturated carbocycles. The van der Waals surface area contributed by atoms with Crippen molar-refractivity contribution in [2.75, 3.05) is 6.61 Å². The summed E-state index contributed by atoms with van der Waals surface area (Å²) in [5.74, 6) is -2.91. The Kier molecular flexibility index (Phi) is 8.51. The molecule has 1 saturated heterocycles. The molecule has 2 heterocycles. The van der Waals surface area contributed by atoms with Crippen molar-refractivity contribution in [3.8, 4) is 0 Å². The zero-order valence-corrected chi connectivity index (χ0v) is 20.5. The van der Waals surface area contributed by atoms with E-state index in [1.807, 2.05) is 6.92 Å². The number of fused-ring (bicyclic) bond motifs is 1. The number of carbonyl (C=O) groups is 5. The molecule has 1 aliphatic carbocycles. The van der Waals surface area contributed by atoms with Crippen LogP contribution in [0.5, 0.6) is 0 Å². The van der Waals surface area contributed by atoms with E-state index < -0.39 is 66.5 Å². The van der Waals surface area contributed by atoms with E-state index in [2.05, 4.69) is 5.32 Å². The minimum Gasteiger partial charge on any atom is -0.463 e. The van der Waals surface area contributed by atoms with Crippen LogP contribution >= 0.6 is 0 Å². The van der Waals surface area contributed by atoms with E-state index in [0.717, 1.165) is 19.4 Å². The van der Waals surface area contributed by atoms with Crippen molar-refractivity contribution in [1.82, 2.24) is 5.32 Å². The Bertz CT molecular complexity index is 1010. The fourth-order valence-electron chi connectivity index (χ4n) is 4.20. The summed E-state index contributed by atoms with van der Waals surface area (Å²) in [6, 6.07) is -1.12. The standard InChI is InChI=1S/C24H29NO11/c1-11-8-20(30)35-18-9-16(6-7-17(11)18)34-24-21(25-12(2)26)23(33-15(5)29)22(32-14(4)28)19(36-24)10-31-13(3)27/h6-9,17-19,21-24H,10H2,1-5H3,(H,25,26)/t17-,18-,19-,21+,22+,23+,24-/m0/s1. The molecule has 2 aliphatic heterocycles. The van der Waals surface area contributed by atoms with Gasteiger partial charge in [0.2, 0.25) is 12.2 Å². The van der Waals surface area contributed by atoms with Crippen LogP contribution < -0.4 is 5.32 Å². The SMILES string of the molecule is CC(=O)N[C@H]1[C@@H](OC2=C[C@@H]3OC(=O)C=C(C)[C@@H]3C=C2)O[C@@H](COC(C)=O)[C@@H](OC(C)=O)[C@@H]1OC(C)=O. The highest BCUT2D eigenvalue weighted by Gasteiger charge is 2.52. The van der Waals surface area contributed by atoms with E-state index in [0.29, 0.717) is 0 Å². The van der Waals surface area contributed by atoms with E-state index in [-0.39, 0.29) is 18.3 Å². The largest absolute Gasteiger partial charge is 0.463 e. The zero-order chi connectivity index (χ0) is 26.6. The fourth-order valence-corrected chi connectivity index (χ4v) is 4.20. The van der Waals surface area contributed by atoms with Crippen LogP contribution in [-0.4, -0.2) is 73.1 Å². The number of rotatable bonds is 7. The highest BCUT2D eigenvalue weighted by atomic mass is 16.7. The lowest BCUT2D eigenvalue weighted by molar-refractivity contribution is -0.268. The van der Waals surface area contributed by atoms with Gasteiger partial charge in [-0.1, -0.05) is 11.6 Å². The molecule has 12 nitrogen and oxygen atoms in total. The van der Waals surface area contributed by atoms with Crippen molar-refractivity contribution in [2.45, 2.75) is 71.4 Å². The molecule has 1 N–H and O–H groups in total. The summed E-state index contributed by atoms with van der Waals surface area (Å²) in [6.45, 7) is 6.21. The topological polar surface area (TPSA) is 153 Å². The van der Waals surface area contributed by atoms with Gasteiger partial charge in [-0.25, -0.2) is 4.79 Å². The van der Waals surface area contributed by atoms with Crippen LogP contribution in [-0.2, 0) is 52.4 Å². The second kappa shape index (κ2) is 11.4. The normalized spacial score (nSPS) is 31.0. The Balaban J connectivity index is 1.93. The van der Waals surface area contributed by atoms with Gasteiger partial charge in [-0.15, -0.1) is 0 Å². The number of esters is 4. The highest BCUT2D eigenvalue weighted by Crippen LogP contribution is 2.33. The van der Waals surface area contributed by atoms with Gasteiger partial charge in [-0.05, 0) is 19.1 Å². The van der Waals surface area contributed by atoms with Crippen LogP contribution in [0.3, 0.4) is 0 Å². The molecule has 0 radical (unpaired) electrons. The molecular formula is C24H29NO11. The van der Waals surface area contributed by atoms with Crippen LogP contribution in [0.1, 0.15) is 34.6 Å². The van der Waals surface area contributed by atoms with Gasteiger partial charge in [-0.2, -0.15) is 0 Å². The van der Waals surface area contributed by atoms with Gasteiger partial charge in [0.1, 0.15) is 30.6 Å². The molecule has 36 heavy (non-hydrogen) atoms. The summed E-state index contributed by atoms with van der Waals surface area (Å²) < 4.78 is 33.2. The Morgan fingerprint density at radius 3 is 2.28 bits per heavy atom. The van der Waals surface area contributed by atoms with Gasteiger partial charge in [0.15, 0.2) is 12.2 Å². The second-order valence-electron chi connectivity index (χ2n) is 8.58. The second-order valence-corrected chi connectivity index (χ2v) is 8.58. The molecule has 0 unspecified atom stereocenters. The van der Waals surface area contributed by atoms with Crippen molar-refractivity contribution in [3.63, 3.8) is 0 Å². The van der Waals surface area contributed by atoms with E-state index >= 15 is 0 Å². The maximum Gasteiger partial charge on any atom is 0.331 e. The van der Waals surface area contributed by atoms with Crippen LogP contribution in [0.2, 0.25) is 0 Å². The molecule has 12 heteroatoms. The van der Waals surface area contributed by atoms with E-state index in [4.69, 9.17) is 28.4 Å². The third-order valence-corrected chi connectivity index (χ3v) is 5.60. The molecule has 0 bridgehead atoms. The van der Waals surface area contributed by atoms with E-state index in [9.17, 15) is 24.0 Å². The molecule has 3 aliphatic rings. The average molecular weight is 507 g/mol. The summed E-state index contributed by atoms with van der Waals surface area (Å²) in [5.41, 5.74) is 0.827. The molecule has 196 valence electrons. The smallest absolute Gasteiger partial charge is 0.331 e. The number of hydrogen-bond donors (Lipinski definition) is 1.